The van der Waals surface area contributed by atoms with Crippen molar-refractivity contribution in [1.82, 2.24) is 19.4 Å². The predicted octanol–water partition coefficient (Wildman–Crippen LogP) is 2.86. The molecule has 0 aliphatic heterocycles. The Hall–Kier alpha value is -2.67. The van der Waals surface area contributed by atoms with E-state index in [4.69, 9.17) is 4.84 Å². The van der Waals surface area contributed by atoms with Gasteiger partial charge in [0.1, 0.15) is 11.3 Å². The number of rotatable bonds is 3. The van der Waals surface area contributed by atoms with Crippen LogP contribution in [0, 0.1) is 0 Å². The minimum Gasteiger partial charge on any atom is -0.319 e. The van der Waals surface area contributed by atoms with Crippen LogP contribution >= 0.6 is 0 Å². The number of carbonyl (C=O) groups is 1. The molecule has 0 spiro atoms. The summed E-state index contributed by atoms with van der Waals surface area (Å²) in [5, 5.41) is 1.18. The highest BCUT2D eigenvalue weighted by Gasteiger charge is 2.22. The number of hydrogen-bond donors (Lipinski definition) is 1. The SMILES string of the molecule is CON(C)C(=O)c1ccc2[nH]c(=O)c3cnc(C4CCCCC4)n3c2c1. The van der Waals surface area contributed by atoms with Gasteiger partial charge in [-0.3, -0.25) is 18.8 Å². The maximum atomic E-state index is 12.5. The lowest BCUT2D eigenvalue weighted by molar-refractivity contribution is -0.0756. The van der Waals surface area contributed by atoms with Crippen LogP contribution in [-0.2, 0) is 4.84 Å². The van der Waals surface area contributed by atoms with E-state index in [-0.39, 0.29) is 11.5 Å². The summed E-state index contributed by atoms with van der Waals surface area (Å²) in [6.07, 6.45) is 7.42. The molecule has 1 aliphatic carbocycles. The van der Waals surface area contributed by atoms with Gasteiger partial charge in [-0.2, -0.15) is 0 Å². The van der Waals surface area contributed by atoms with Crippen molar-refractivity contribution in [3.8, 4) is 0 Å². The highest BCUT2D eigenvalue weighted by atomic mass is 16.7. The fourth-order valence-corrected chi connectivity index (χ4v) is 3.83. The lowest BCUT2D eigenvalue weighted by Gasteiger charge is -2.21. The van der Waals surface area contributed by atoms with Crippen molar-refractivity contribution >= 4 is 22.5 Å². The molecule has 136 valence electrons. The van der Waals surface area contributed by atoms with Gasteiger partial charge in [-0.05, 0) is 31.0 Å². The molecule has 7 heteroatoms. The fourth-order valence-electron chi connectivity index (χ4n) is 3.83. The number of fused-ring (bicyclic) bond motifs is 3. The number of aromatic nitrogens is 3. The molecule has 3 aromatic rings. The van der Waals surface area contributed by atoms with Crippen molar-refractivity contribution < 1.29 is 9.63 Å². The summed E-state index contributed by atoms with van der Waals surface area (Å²) in [5.41, 5.74) is 2.32. The molecule has 0 atom stereocenters. The Morgan fingerprint density at radius 1 is 1.27 bits per heavy atom. The van der Waals surface area contributed by atoms with E-state index < -0.39 is 0 Å². The Morgan fingerprint density at radius 2 is 2.04 bits per heavy atom. The lowest BCUT2D eigenvalue weighted by atomic mass is 9.88. The van der Waals surface area contributed by atoms with Crippen LogP contribution in [0.25, 0.3) is 16.6 Å². The molecule has 1 aromatic carbocycles. The highest BCUT2D eigenvalue weighted by molar-refractivity contribution is 5.97. The van der Waals surface area contributed by atoms with E-state index in [1.165, 1.54) is 31.4 Å². The zero-order chi connectivity index (χ0) is 18.3. The van der Waals surface area contributed by atoms with Crippen LogP contribution in [0.3, 0.4) is 0 Å². The van der Waals surface area contributed by atoms with Crippen LogP contribution in [0.5, 0.6) is 0 Å². The first kappa shape index (κ1) is 16.8. The molecule has 1 amide bonds. The minimum absolute atomic E-state index is 0.167. The van der Waals surface area contributed by atoms with E-state index in [2.05, 4.69) is 9.97 Å². The van der Waals surface area contributed by atoms with Gasteiger partial charge in [-0.1, -0.05) is 19.3 Å². The number of hydrogen-bond acceptors (Lipinski definition) is 4. The third kappa shape index (κ3) is 2.68. The number of imidazole rings is 1. The molecule has 1 N–H and O–H groups in total. The van der Waals surface area contributed by atoms with Gasteiger partial charge in [-0.25, -0.2) is 10.0 Å². The first-order chi connectivity index (χ1) is 12.6. The second kappa shape index (κ2) is 6.57. The fraction of sp³-hybridized carbons (Fsp3) is 0.421. The van der Waals surface area contributed by atoms with Crippen molar-refractivity contribution in [2.24, 2.45) is 0 Å². The predicted molar refractivity (Wildman–Crippen MR) is 98.2 cm³/mol. The van der Waals surface area contributed by atoms with Crippen molar-refractivity contribution in [3.05, 3.63) is 46.1 Å². The summed E-state index contributed by atoms with van der Waals surface area (Å²) in [7, 11) is 3.02. The molecule has 0 radical (unpaired) electrons. The van der Waals surface area contributed by atoms with E-state index in [9.17, 15) is 9.59 Å². The molecule has 1 aliphatic rings. The first-order valence-electron chi connectivity index (χ1n) is 8.95. The van der Waals surface area contributed by atoms with Crippen molar-refractivity contribution in [3.63, 3.8) is 0 Å². The number of H-pyrrole nitrogens is 1. The van der Waals surface area contributed by atoms with E-state index >= 15 is 0 Å². The number of amides is 1. The summed E-state index contributed by atoms with van der Waals surface area (Å²) >= 11 is 0. The highest BCUT2D eigenvalue weighted by Crippen LogP contribution is 2.33. The number of aromatic amines is 1. The molecule has 1 saturated carbocycles. The second-order valence-corrected chi connectivity index (χ2v) is 6.84. The molecular formula is C19H22N4O3. The van der Waals surface area contributed by atoms with Crippen molar-refractivity contribution in [2.75, 3.05) is 14.2 Å². The van der Waals surface area contributed by atoms with Crippen LogP contribution in [-0.4, -0.2) is 39.5 Å². The Labute approximate surface area is 150 Å². The average Bonchev–Trinajstić information content (AvgIpc) is 3.13. The number of nitrogens with zero attached hydrogens (tertiary/aromatic N) is 3. The quantitative estimate of drug-likeness (QED) is 0.734. The van der Waals surface area contributed by atoms with Gasteiger partial charge in [0.2, 0.25) is 0 Å². The molecule has 7 nitrogen and oxygen atoms in total. The molecule has 0 unspecified atom stereocenters. The van der Waals surface area contributed by atoms with Gasteiger partial charge in [-0.15, -0.1) is 0 Å². The number of hydroxylamine groups is 2. The Morgan fingerprint density at radius 3 is 2.77 bits per heavy atom. The van der Waals surface area contributed by atoms with E-state index in [0.717, 1.165) is 24.2 Å². The second-order valence-electron chi connectivity index (χ2n) is 6.84. The van der Waals surface area contributed by atoms with E-state index in [1.807, 2.05) is 4.40 Å². The average molecular weight is 354 g/mol. The zero-order valence-corrected chi connectivity index (χ0v) is 15.0. The van der Waals surface area contributed by atoms with Crippen LogP contribution in [0.1, 0.15) is 54.2 Å². The number of benzene rings is 1. The molecule has 1 fully saturated rings. The smallest absolute Gasteiger partial charge is 0.277 e. The molecule has 0 bridgehead atoms. The molecule has 0 saturated heterocycles. The van der Waals surface area contributed by atoms with Crippen molar-refractivity contribution in [2.45, 2.75) is 38.0 Å². The van der Waals surface area contributed by atoms with Crippen LogP contribution < -0.4 is 5.56 Å². The zero-order valence-electron chi connectivity index (χ0n) is 15.0. The summed E-state index contributed by atoms with van der Waals surface area (Å²) in [6, 6.07) is 5.25. The summed E-state index contributed by atoms with van der Waals surface area (Å²) < 4.78 is 1.92. The van der Waals surface area contributed by atoms with Gasteiger partial charge < -0.3 is 4.98 Å². The van der Waals surface area contributed by atoms with E-state index in [0.29, 0.717) is 22.5 Å². The lowest BCUT2D eigenvalue weighted by Crippen LogP contribution is -2.25. The van der Waals surface area contributed by atoms with E-state index in [1.54, 1.807) is 31.4 Å². The van der Waals surface area contributed by atoms with Crippen LogP contribution in [0.4, 0.5) is 0 Å². The first-order valence-corrected chi connectivity index (χ1v) is 8.95. The largest absolute Gasteiger partial charge is 0.319 e. The molecule has 2 heterocycles. The Kier molecular flexibility index (Phi) is 4.24. The van der Waals surface area contributed by atoms with Gasteiger partial charge >= 0.3 is 0 Å². The van der Waals surface area contributed by atoms with Crippen LogP contribution in [0.15, 0.2) is 29.2 Å². The third-order valence-corrected chi connectivity index (χ3v) is 5.29. The molecular weight excluding hydrogens is 332 g/mol. The van der Waals surface area contributed by atoms with Gasteiger partial charge in [0, 0.05) is 18.5 Å². The maximum absolute atomic E-state index is 12.5. The van der Waals surface area contributed by atoms with Gasteiger partial charge in [0.15, 0.2) is 0 Å². The Bertz CT molecular complexity index is 1030. The number of nitrogens with one attached hydrogen (secondary N) is 1. The maximum Gasteiger partial charge on any atom is 0.277 e. The van der Waals surface area contributed by atoms with Crippen molar-refractivity contribution in [1.29, 1.82) is 0 Å². The summed E-state index contributed by atoms with van der Waals surface area (Å²) in [6.45, 7) is 0. The summed E-state index contributed by atoms with van der Waals surface area (Å²) in [5.74, 6) is 1.02. The molecule has 4 rings (SSSR count). The monoisotopic (exact) mass is 354 g/mol. The van der Waals surface area contributed by atoms with Gasteiger partial charge in [0.05, 0.1) is 24.3 Å². The summed E-state index contributed by atoms with van der Waals surface area (Å²) in [4.78, 5) is 37.4. The van der Waals surface area contributed by atoms with Gasteiger partial charge in [0.25, 0.3) is 11.5 Å². The normalized spacial score (nSPS) is 15.6. The van der Waals surface area contributed by atoms with Crippen LogP contribution in [0.2, 0.25) is 0 Å². The minimum atomic E-state index is -0.243. The standard InChI is InChI=1S/C19H22N4O3/c1-22(26-2)19(25)13-8-9-14-15(10-13)23-16(18(24)21-14)11-20-17(23)12-6-4-3-5-7-12/h8-12H,3-7H2,1-2H3,(H,21,24). The number of carbonyl (C=O) groups excluding carboxylic acids is 1. The molecule has 2 aromatic heterocycles. The third-order valence-electron chi connectivity index (χ3n) is 5.29. The Balaban J connectivity index is 1.94. The topological polar surface area (TPSA) is 79.7 Å². The molecule has 26 heavy (non-hydrogen) atoms.